The Morgan fingerprint density at radius 1 is 1.04 bits per heavy atom. The molecular weight excluding hydrogens is 361 g/mol. The average molecular weight is 386 g/mol. The molecule has 0 aliphatic carbocycles. The highest BCUT2D eigenvalue weighted by atomic mass is 32.1. The Balaban J connectivity index is 1.61. The van der Waals surface area contributed by atoms with Gasteiger partial charge in [-0.15, -0.1) is 0 Å². The van der Waals surface area contributed by atoms with Gasteiger partial charge >= 0.3 is 0 Å². The van der Waals surface area contributed by atoms with E-state index in [0.29, 0.717) is 13.1 Å². The van der Waals surface area contributed by atoms with Crippen molar-refractivity contribution in [1.29, 1.82) is 0 Å². The first kappa shape index (κ1) is 19.5. The number of ether oxygens (including phenoxy) is 1. The maximum atomic E-state index is 13.2. The molecule has 2 aromatic carbocycles. The van der Waals surface area contributed by atoms with Crippen molar-refractivity contribution >= 4 is 11.3 Å². The van der Waals surface area contributed by atoms with Gasteiger partial charge < -0.3 is 9.84 Å². The Morgan fingerprint density at radius 3 is 2.48 bits per heavy atom. The van der Waals surface area contributed by atoms with Gasteiger partial charge in [-0.1, -0.05) is 30.3 Å². The third-order valence-electron chi connectivity index (χ3n) is 4.30. The minimum Gasteiger partial charge on any atom is -0.491 e. The van der Waals surface area contributed by atoms with E-state index in [2.05, 4.69) is 16.3 Å². The molecule has 3 aromatic rings. The Morgan fingerprint density at radius 2 is 1.78 bits per heavy atom. The first-order valence-corrected chi connectivity index (χ1v) is 9.89. The monoisotopic (exact) mass is 385 g/mol. The molecule has 1 atom stereocenters. The van der Waals surface area contributed by atoms with Crippen LogP contribution >= 0.6 is 11.3 Å². The van der Waals surface area contributed by atoms with E-state index < -0.39 is 6.10 Å². The first-order chi connectivity index (χ1) is 13.1. The summed E-state index contributed by atoms with van der Waals surface area (Å²) in [5.74, 6) is 0.550. The summed E-state index contributed by atoms with van der Waals surface area (Å²) < 4.78 is 18.9. The van der Waals surface area contributed by atoms with E-state index in [0.717, 1.165) is 23.4 Å². The lowest BCUT2D eigenvalue weighted by Crippen LogP contribution is -2.35. The number of para-hydroxylation sites is 1. The van der Waals surface area contributed by atoms with Gasteiger partial charge in [-0.25, -0.2) is 4.39 Å². The van der Waals surface area contributed by atoms with Crippen molar-refractivity contribution in [3.05, 3.63) is 87.9 Å². The fourth-order valence-electron chi connectivity index (χ4n) is 2.93. The van der Waals surface area contributed by atoms with E-state index in [1.165, 1.54) is 17.7 Å². The number of aryl methyl sites for hydroxylation is 1. The van der Waals surface area contributed by atoms with Gasteiger partial charge in [0, 0.05) is 19.6 Å². The van der Waals surface area contributed by atoms with Crippen LogP contribution in [0.15, 0.2) is 65.4 Å². The van der Waals surface area contributed by atoms with E-state index in [1.54, 1.807) is 23.5 Å². The predicted octanol–water partition coefficient (Wildman–Crippen LogP) is 4.64. The van der Waals surface area contributed by atoms with Crippen molar-refractivity contribution in [2.24, 2.45) is 0 Å². The van der Waals surface area contributed by atoms with Gasteiger partial charge in [0.2, 0.25) is 0 Å². The molecule has 1 N–H and O–H groups in total. The smallest absolute Gasteiger partial charge is 0.123 e. The highest BCUT2D eigenvalue weighted by Crippen LogP contribution is 2.17. The molecule has 0 bridgehead atoms. The molecular formula is C22H24FNO2S. The van der Waals surface area contributed by atoms with Crippen LogP contribution in [0.25, 0.3) is 0 Å². The zero-order valence-corrected chi connectivity index (χ0v) is 16.2. The molecule has 0 unspecified atom stereocenters. The molecule has 0 saturated carbocycles. The Hall–Kier alpha value is -2.21. The number of hydrogen-bond donors (Lipinski definition) is 1. The molecule has 27 heavy (non-hydrogen) atoms. The zero-order valence-electron chi connectivity index (χ0n) is 15.3. The average Bonchev–Trinajstić information content (AvgIpc) is 3.16. The number of hydrogen-bond acceptors (Lipinski definition) is 4. The Bertz CT molecular complexity index is 821. The summed E-state index contributed by atoms with van der Waals surface area (Å²) in [5.41, 5.74) is 3.26. The van der Waals surface area contributed by atoms with Gasteiger partial charge in [0.15, 0.2) is 0 Å². The van der Waals surface area contributed by atoms with Gasteiger partial charge in [0.05, 0.1) is 0 Å². The largest absolute Gasteiger partial charge is 0.491 e. The molecule has 0 fully saturated rings. The minimum atomic E-state index is -0.622. The van der Waals surface area contributed by atoms with Crippen molar-refractivity contribution in [2.75, 3.05) is 13.2 Å². The van der Waals surface area contributed by atoms with Crippen LogP contribution in [0.3, 0.4) is 0 Å². The van der Waals surface area contributed by atoms with Crippen LogP contribution in [0.4, 0.5) is 4.39 Å². The van der Waals surface area contributed by atoms with Crippen LogP contribution in [0.1, 0.15) is 16.7 Å². The molecule has 3 rings (SSSR count). The topological polar surface area (TPSA) is 32.7 Å². The second kappa shape index (κ2) is 9.65. The lowest BCUT2D eigenvalue weighted by molar-refractivity contribution is 0.0626. The van der Waals surface area contributed by atoms with Gasteiger partial charge in [0.25, 0.3) is 0 Å². The lowest BCUT2D eigenvalue weighted by atomic mass is 10.2. The van der Waals surface area contributed by atoms with Crippen LogP contribution in [-0.4, -0.2) is 29.3 Å². The molecule has 142 valence electrons. The molecule has 1 aromatic heterocycles. The van der Waals surface area contributed by atoms with Gasteiger partial charge in [-0.2, -0.15) is 11.3 Å². The van der Waals surface area contributed by atoms with Gasteiger partial charge in [-0.05, 0) is 58.6 Å². The van der Waals surface area contributed by atoms with Crippen LogP contribution in [0.2, 0.25) is 0 Å². The maximum absolute atomic E-state index is 13.2. The Labute approximate surface area is 163 Å². The Kier molecular flexibility index (Phi) is 6.98. The quantitative estimate of drug-likeness (QED) is 0.583. The van der Waals surface area contributed by atoms with Crippen molar-refractivity contribution < 1.29 is 14.2 Å². The summed E-state index contributed by atoms with van der Waals surface area (Å²) in [6.07, 6.45) is -0.622. The molecule has 0 radical (unpaired) electrons. The van der Waals surface area contributed by atoms with Crippen molar-refractivity contribution in [3.8, 4) is 5.75 Å². The van der Waals surface area contributed by atoms with E-state index in [-0.39, 0.29) is 12.4 Å². The molecule has 0 aliphatic heterocycles. The summed E-state index contributed by atoms with van der Waals surface area (Å²) in [6, 6.07) is 16.4. The third kappa shape index (κ3) is 6.17. The maximum Gasteiger partial charge on any atom is 0.123 e. The van der Waals surface area contributed by atoms with E-state index >= 15 is 0 Å². The molecule has 0 spiro atoms. The van der Waals surface area contributed by atoms with Crippen LogP contribution < -0.4 is 4.74 Å². The van der Waals surface area contributed by atoms with E-state index in [4.69, 9.17) is 4.74 Å². The van der Waals surface area contributed by atoms with Gasteiger partial charge in [0.1, 0.15) is 24.3 Å². The van der Waals surface area contributed by atoms with E-state index in [9.17, 15) is 9.50 Å². The standard InChI is InChI=1S/C22H24FNO2S/c1-17-4-2-3-5-22(17)26-15-21(25)14-24(13-19-10-11-27-16-19)12-18-6-8-20(23)9-7-18/h2-11,16,21,25H,12-15H2,1H3/t21-/m1/s1. The summed E-state index contributed by atoms with van der Waals surface area (Å²) in [7, 11) is 0. The number of rotatable bonds is 9. The van der Waals surface area contributed by atoms with Crippen LogP contribution in [0.5, 0.6) is 5.75 Å². The third-order valence-corrected chi connectivity index (χ3v) is 5.03. The second-order valence-electron chi connectivity index (χ2n) is 6.66. The fraction of sp³-hybridized carbons (Fsp3) is 0.273. The van der Waals surface area contributed by atoms with Crippen molar-refractivity contribution in [3.63, 3.8) is 0 Å². The number of thiophene rings is 1. The lowest BCUT2D eigenvalue weighted by Gasteiger charge is -2.25. The van der Waals surface area contributed by atoms with Crippen molar-refractivity contribution in [2.45, 2.75) is 26.1 Å². The van der Waals surface area contributed by atoms with Crippen LogP contribution in [-0.2, 0) is 13.1 Å². The van der Waals surface area contributed by atoms with Gasteiger partial charge in [-0.3, -0.25) is 4.90 Å². The fourth-order valence-corrected chi connectivity index (χ4v) is 3.59. The number of halogens is 1. The van der Waals surface area contributed by atoms with E-state index in [1.807, 2.05) is 36.6 Å². The number of benzene rings is 2. The molecule has 3 nitrogen and oxygen atoms in total. The number of aliphatic hydroxyl groups excluding tert-OH is 1. The highest BCUT2D eigenvalue weighted by Gasteiger charge is 2.15. The summed E-state index contributed by atoms with van der Waals surface area (Å²) in [4.78, 5) is 2.15. The molecule has 5 heteroatoms. The molecule has 0 amide bonds. The highest BCUT2D eigenvalue weighted by molar-refractivity contribution is 7.07. The summed E-state index contributed by atoms with van der Waals surface area (Å²) >= 11 is 1.65. The zero-order chi connectivity index (χ0) is 19.1. The SMILES string of the molecule is Cc1ccccc1OC[C@H](O)CN(Cc1ccc(F)cc1)Cc1ccsc1. The number of aliphatic hydroxyl groups is 1. The molecule has 0 aliphatic rings. The normalized spacial score (nSPS) is 12.3. The van der Waals surface area contributed by atoms with Crippen molar-refractivity contribution in [1.82, 2.24) is 4.90 Å². The van der Waals surface area contributed by atoms with Crippen LogP contribution in [0, 0.1) is 12.7 Å². The summed E-state index contributed by atoms with van der Waals surface area (Å²) in [6.45, 7) is 4.05. The molecule has 1 heterocycles. The predicted molar refractivity (Wildman–Crippen MR) is 108 cm³/mol. The summed E-state index contributed by atoms with van der Waals surface area (Å²) in [5, 5.41) is 14.6. The minimum absolute atomic E-state index is 0.231. The molecule has 0 saturated heterocycles. The first-order valence-electron chi connectivity index (χ1n) is 8.94. The number of nitrogens with zero attached hydrogens (tertiary/aromatic N) is 1. The second-order valence-corrected chi connectivity index (χ2v) is 7.44.